The van der Waals surface area contributed by atoms with Gasteiger partial charge in [-0.15, -0.1) is 0 Å². The number of aliphatic hydroxyl groups excluding tert-OH is 2. The van der Waals surface area contributed by atoms with E-state index in [1.165, 1.54) is 417 Å². The van der Waals surface area contributed by atoms with Crippen LogP contribution in [0.25, 0.3) is 0 Å². The third-order valence-electron chi connectivity index (χ3n) is 20.4. The number of esters is 1. The monoisotopic (exact) mass is 1320 g/mol. The second-order valence-corrected chi connectivity index (χ2v) is 29.9. The van der Waals surface area contributed by atoms with Gasteiger partial charge in [-0.05, 0) is 64.2 Å². The molecule has 0 aromatic rings. The summed E-state index contributed by atoms with van der Waals surface area (Å²) >= 11 is 0. The van der Waals surface area contributed by atoms with E-state index < -0.39 is 12.1 Å². The number of unbranched alkanes of at least 4 members (excludes halogenated alkanes) is 67. The van der Waals surface area contributed by atoms with Gasteiger partial charge in [-0.1, -0.05) is 448 Å². The first kappa shape index (κ1) is 92.1. The summed E-state index contributed by atoms with van der Waals surface area (Å²) in [5.41, 5.74) is 0. The fraction of sp³-hybridized carbons (Fsp3) is 0.909. The Hall–Kier alpha value is -1.92. The van der Waals surface area contributed by atoms with Crippen LogP contribution < -0.4 is 5.32 Å². The number of carbonyl (C=O) groups is 2. The van der Waals surface area contributed by atoms with Crippen LogP contribution in [0.2, 0.25) is 0 Å². The summed E-state index contributed by atoms with van der Waals surface area (Å²) in [6.45, 7) is 4.97. The van der Waals surface area contributed by atoms with Crippen molar-refractivity contribution in [3.8, 4) is 0 Å². The Kier molecular flexibility index (Phi) is 81.8. The quantitative estimate of drug-likeness (QED) is 0.0320. The minimum atomic E-state index is -0.844. The number of amides is 1. The molecule has 0 heterocycles. The number of ether oxygens (including phenoxy) is 1. The summed E-state index contributed by atoms with van der Waals surface area (Å²) in [4.78, 5) is 24.7. The highest BCUT2D eigenvalue weighted by molar-refractivity contribution is 5.76. The number of aliphatic hydroxyl groups is 2. The van der Waals surface area contributed by atoms with Crippen molar-refractivity contribution < 1.29 is 24.5 Å². The topological polar surface area (TPSA) is 95.9 Å². The first-order valence-corrected chi connectivity index (χ1v) is 43.3. The highest BCUT2D eigenvalue weighted by atomic mass is 16.5. The Labute approximate surface area is 589 Å². The van der Waals surface area contributed by atoms with E-state index in [0.29, 0.717) is 19.4 Å². The third kappa shape index (κ3) is 79.1. The van der Waals surface area contributed by atoms with Gasteiger partial charge in [0, 0.05) is 12.8 Å². The molecule has 0 saturated carbocycles. The second kappa shape index (κ2) is 83.5. The predicted molar refractivity (Wildman–Crippen MR) is 416 cm³/mol. The zero-order valence-electron chi connectivity index (χ0n) is 64.0. The molecule has 3 N–H and O–H groups in total. The van der Waals surface area contributed by atoms with Gasteiger partial charge >= 0.3 is 5.97 Å². The van der Waals surface area contributed by atoms with Gasteiger partial charge in [0.2, 0.25) is 5.91 Å². The van der Waals surface area contributed by atoms with E-state index in [0.717, 1.165) is 44.9 Å². The molecule has 0 aliphatic carbocycles. The average Bonchev–Trinajstić information content (AvgIpc) is 3.23. The fourth-order valence-corrected chi connectivity index (χ4v) is 13.8. The van der Waals surface area contributed by atoms with Crippen LogP contribution in [-0.4, -0.2) is 47.4 Å². The summed E-state index contributed by atoms with van der Waals surface area (Å²) in [5.74, 6) is -0.0356. The van der Waals surface area contributed by atoms with Gasteiger partial charge in [0.15, 0.2) is 0 Å². The zero-order chi connectivity index (χ0) is 67.7. The van der Waals surface area contributed by atoms with Crippen molar-refractivity contribution in [1.82, 2.24) is 5.32 Å². The van der Waals surface area contributed by atoms with Crippen LogP contribution in [0, 0.1) is 0 Å². The molecule has 0 aromatic carbocycles. The number of carbonyl (C=O) groups excluding carboxylic acids is 2. The first-order valence-electron chi connectivity index (χ1n) is 43.3. The maximum Gasteiger partial charge on any atom is 0.305 e. The van der Waals surface area contributed by atoms with Gasteiger partial charge in [-0.2, -0.15) is 0 Å². The van der Waals surface area contributed by atoms with Gasteiger partial charge in [-0.25, -0.2) is 0 Å². The van der Waals surface area contributed by atoms with Crippen LogP contribution in [-0.2, 0) is 14.3 Å². The molecule has 0 spiro atoms. The minimum Gasteiger partial charge on any atom is -0.466 e. The van der Waals surface area contributed by atoms with E-state index in [-0.39, 0.29) is 18.5 Å². The Morgan fingerprint density at radius 3 is 0.809 bits per heavy atom. The Morgan fingerprint density at radius 2 is 0.532 bits per heavy atom. The van der Waals surface area contributed by atoms with E-state index in [9.17, 15) is 19.8 Å². The van der Waals surface area contributed by atoms with E-state index in [1.807, 2.05) is 6.08 Å². The Balaban J connectivity index is 3.37. The number of hydrogen-bond acceptors (Lipinski definition) is 5. The second-order valence-electron chi connectivity index (χ2n) is 29.9. The van der Waals surface area contributed by atoms with E-state index in [4.69, 9.17) is 4.74 Å². The molecule has 0 aliphatic rings. The molecule has 556 valence electrons. The van der Waals surface area contributed by atoms with Crippen molar-refractivity contribution in [2.24, 2.45) is 0 Å². The standard InChI is InChI=1S/C88H169NO5/c1-3-5-7-9-11-13-15-17-19-20-21-22-40-43-46-49-53-56-60-64-68-72-76-80-86(91)85(84-90)89-87(92)81-77-73-69-65-61-57-54-50-47-44-41-38-36-34-32-30-28-26-24-23-25-27-29-31-33-35-37-39-42-45-48-51-55-59-63-67-71-75-79-83-94-88(93)82-78-74-70-66-62-58-52-18-16-14-12-10-8-6-4-2/h23-24,27,29,76,80,85-86,90-91H,3-22,25-26,28,30-75,77-79,81-84H2,1-2H3,(H,89,92)/b24-23-,29-27-,80-76+. The zero-order valence-corrected chi connectivity index (χ0v) is 64.0. The van der Waals surface area contributed by atoms with E-state index >= 15 is 0 Å². The number of allylic oxidation sites excluding steroid dienone is 5. The van der Waals surface area contributed by atoms with Crippen molar-refractivity contribution in [2.45, 2.75) is 501 Å². The lowest BCUT2D eigenvalue weighted by Crippen LogP contribution is -2.45. The van der Waals surface area contributed by atoms with Crippen molar-refractivity contribution in [3.05, 3.63) is 36.5 Å². The average molecular weight is 1320 g/mol. The maximum absolute atomic E-state index is 12.6. The largest absolute Gasteiger partial charge is 0.466 e. The van der Waals surface area contributed by atoms with E-state index in [1.54, 1.807) is 6.08 Å². The number of nitrogens with one attached hydrogen (secondary N) is 1. The van der Waals surface area contributed by atoms with E-state index in [2.05, 4.69) is 43.5 Å². The minimum absolute atomic E-state index is 0.0240. The molecule has 2 atom stereocenters. The van der Waals surface area contributed by atoms with Crippen LogP contribution in [0.5, 0.6) is 0 Å². The smallest absolute Gasteiger partial charge is 0.305 e. The molecule has 0 saturated heterocycles. The Morgan fingerprint density at radius 1 is 0.298 bits per heavy atom. The van der Waals surface area contributed by atoms with Crippen LogP contribution in [0.1, 0.15) is 489 Å². The highest BCUT2D eigenvalue weighted by Crippen LogP contribution is 2.20. The molecule has 6 nitrogen and oxygen atoms in total. The Bertz CT molecular complexity index is 1520. The molecule has 0 fully saturated rings. The summed E-state index contributed by atoms with van der Waals surface area (Å²) in [6, 6.07) is -0.627. The lowest BCUT2D eigenvalue weighted by Gasteiger charge is -2.20. The van der Waals surface area contributed by atoms with Crippen LogP contribution >= 0.6 is 0 Å². The first-order chi connectivity index (χ1) is 46.5. The molecule has 1 amide bonds. The van der Waals surface area contributed by atoms with Crippen molar-refractivity contribution in [1.29, 1.82) is 0 Å². The summed E-state index contributed by atoms with van der Waals surface area (Å²) in [6.07, 6.45) is 110. The van der Waals surface area contributed by atoms with Gasteiger partial charge in [-0.3, -0.25) is 9.59 Å². The molecule has 0 aliphatic heterocycles. The molecule has 6 heteroatoms. The van der Waals surface area contributed by atoms with Crippen molar-refractivity contribution in [3.63, 3.8) is 0 Å². The van der Waals surface area contributed by atoms with Crippen LogP contribution in [0.4, 0.5) is 0 Å². The van der Waals surface area contributed by atoms with Gasteiger partial charge in [0.05, 0.1) is 25.4 Å². The van der Waals surface area contributed by atoms with Gasteiger partial charge in [0.25, 0.3) is 0 Å². The van der Waals surface area contributed by atoms with Crippen LogP contribution in [0.15, 0.2) is 36.5 Å². The van der Waals surface area contributed by atoms with Crippen molar-refractivity contribution >= 4 is 11.9 Å². The third-order valence-corrected chi connectivity index (χ3v) is 20.4. The lowest BCUT2D eigenvalue weighted by molar-refractivity contribution is -0.143. The SMILES string of the molecule is CCCCCCCCCCCCCCCCCCCCCCC/C=C/C(O)C(CO)NC(=O)CCCCCCCCCCCCCCCCCCC/C=C\C/C=C\CCCCCCCCCCCCCCCCCOC(=O)CCCCCCCCCCCCCCCCC. The van der Waals surface area contributed by atoms with Crippen LogP contribution in [0.3, 0.4) is 0 Å². The fourth-order valence-electron chi connectivity index (χ4n) is 13.8. The highest BCUT2D eigenvalue weighted by Gasteiger charge is 2.18. The molecule has 0 bridgehead atoms. The molecule has 0 aromatic heterocycles. The summed E-state index contributed by atoms with van der Waals surface area (Å²) < 4.78 is 5.51. The summed E-state index contributed by atoms with van der Waals surface area (Å²) in [5, 5.41) is 23.3. The number of hydrogen-bond donors (Lipinski definition) is 3. The van der Waals surface area contributed by atoms with Crippen molar-refractivity contribution in [2.75, 3.05) is 13.2 Å². The maximum atomic E-state index is 12.6. The van der Waals surface area contributed by atoms with Gasteiger partial charge < -0.3 is 20.3 Å². The lowest BCUT2D eigenvalue weighted by atomic mass is 10.0. The molecular weight excluding hydrogens is 1150 g/mol. The number of rotatable bonds is 82. The molecule has 94 heavy (non-hydrogen) atoms. The molecule has 2 unspecified atom stereocenters. The normalized spacial score (nSPS) is 12.6. The molecule has 0 rings (SSSR count). The predicted octanol–water partition coefficient (Wildman–Crippen LogP) is 28.9. The molecule has 0 radical (unpaired) electrons. The summed E-state index contributed by atoms with van der Waals surface area (Å²) in [7, 11) is 0. The van der Waals surface area contributed by atoms with Gasteiger partial charge in [0.1, 0.15) is 0 Å². The molecular formula is C88H169NO5.